The van der Waals surface area contributed by atoms with E-state index in [2.05, 4.69) is 10.6 Å². The first-order chi connectivity index (χ1) is 23.8. The molecule has 0 bridgehead atoms. The van der Waals surface area contributed by atoms with E-state index in [1.54, 1.807) is 6.07 Å². The summed E-state index contributed by atoms with van der Waals surface area (Å²) >= 11 is 0. The van der Waals surface area contributed by atoms with E-state index in [0.717, 1.165) is 23.0 Å². The highest BCUT2D eigenvalue weighted by Gasteiger charge is 2.46. The van der Waals surface area contributed by atoms with Crippen molar-refractivity contribution in [1.82, 2.24) is 20.4 Å². The Balaban J connectivity index is 0.000000214. The van der Waals surface area contributed by atoms with E-state index in [1.807, 2.05) is 0 Å². The molecule has 2 fully saturated rings. The third-order valence-corrected chi connectivity index (χ3v) is 8.01. The molecular formula is C33H30N4O13. The van der Waals surface area contributed by atoms with Crippen molar-refractivity contribution in [2.75, 3.05) is 7.11 Å². The largest absolute Gasteiger partial charge is 0.481 e. The summed E-state index contributed by atoms with van der Waals surface area (Å²) < 4.78 is 0. The lowest BCUT2D eigenvalue weighted by Gasteiger charge is -2.27. The number of aryl methyl sites for hydroxylation is 1. The lowest BCUT2D eigenvalue weighted by molar-refractivity contribution is -0.137. The van der Waals surface area contributed by atoms with Gasteiger partial charge < -0.3 is 15.3 Å². The summed E-state index contributed by atoms with van der Waals surface area (Å²) in [6.07, 6.45) is 2.67. The Hall–Kier alpha value is -6.36. The number of benzene rings is 2. The van der Waals surface area contributed by atoms with Gasteiger partial charge in [0.1, 0.15) is 12.1 Å². The number of fused-ring (bicyclic) bond motifs is 2. The minimum atomic E-state index is -1.14. The number of piperidine rings is 2. The monoisotopic (exact) mass is 690 g/mol. The normalized spacial score (nSPS) is 19.6. The molecule has 2 saturated heterocycles. The number of hydrogen-bond donors (Lipinski definition) is 5. The number of rotatable bonds is 7. The molecule has 2 atom stereocenters. The van der Waals surface area contributed by atoms with Crippen LogP contribution in [0.15, 0.2) is 42.5 Å². The predicted octanol–water partition coefficient (Wildman–Crippen LogP) is -0.101. The number of hydrogen-bond acceptors (Lipinski definition) is 11. The van der Waals surface area contributed by atoms with Crippen molar-refractivity contribution in [2.45, 2.75) is 50.6 Å². The van der Waals surface area contributed by atoms with Crippen molar-refractivity contribution in [3.8, 4) is 0 Å². The Morgan fingerprint density at radius 3 is 1.62 bits per heavy atom. The van der Waals surface area contributed by atoms with Gasteiger partial charge >= 0.3 is 11.9 Å². The molecule has 4 aliphatic heterocycles. The van der Waals surface area contributed by atoms with Crippen LogP contribution in [0.4, 0.5) is 0 Å². The van der Waals surface area contributed by atoms with Crippen molar-refractivity contribution < 1.29 is 63.3 Å². The van der Waals surface area contributed by atoms with Crippen LogP contribution in [0.1, 0.15) is 84.7 Å². The molecule has 2 unspecified atom stereocenters. The number of nitrogens with one attached hydrogen (secondary N) is 2. The van der Waals surface area contributed by atoms with Gasteiger partial charge in [-0.15, -0.1) is 0 Å². The van der Waals surface area contributed by atoms with Crippen molar-refractivity contribution in [1.29, 1.82) is 0 Å². The molecule has 17 heteroatoms. The second kappa shape index (κ2) is 15.2. The molecule has 50 heavy (non-hydrogen) atoms. The lowest BCUT2D eigenvalue weighted by atomic mass is 10.0. The number of carboxylic acids is 2. The van der Waals surface area contributed by atoms with Gasteiger partial charge in [-0.25, -0.2) is 4.79 Å². The molecule has 4 heterocycles. The molecule has 2 aromatic carbocycles. The molecule has 2 aromatic rings. The first kappa shape index (κ1) is 36.5. The summed E-state index contributed by atoms with van der Waals surface area (Å²) in [6.45, 7) is 0. The first-order valence-electron chi connectivity index (χ1n) is 15.0. The van der Waals surface area contributed by atoms with Crippen LogP contribution in [0.2, 0.25) is 0 Å². The Kier molecular flexibility index (Phi) is 11.1. The molecule has 0 radical (unpaired) electrons. The molecule has 0 saturated carbocycles. The van der Waals surface area contributed by atoms with E-state index >= 15 is 0 Å². The second-order valence-corrected chi connectivity index (χ2v) is 11.1. The molecule has 0 aromatic heterocycles. The molecule has 260 valence electrons. The molecular weight excluding hydrogens is 660 g/mol. The maximum absolute atomic E-state index is 12.5. The standard InChI is InChI=1S/C16H14N2O6.C16H12N2O6.CH4O/c2*19-12-5-4-11(14(22)17-12)18-15(23)9-3-1-8(2-6-13(20)21)7-10(9)16(18)24;1-2/h1,3,7,11H,2,4-6H2,(H,20,21)(H,17,19,22);1-3,6-7,11H,4-5H2,(H,20,21)(H,17,19,22);2H,1H3/b;6-2+;. The Morgan fingerprint density at radius 2 is 1.16 bits per heavy atom. The topological polar surface area (TPSA) is 262 Å². The van der Waals surface area contributed by atoms with Crippen LogP contribution >= 0.6 is 0 Å². The molecule has 4 aliphatic rings. The molecule has 5 N–H and O–H groups in total. The number of carbonyl (C=O) groups excluding carboxylic acids is 8. The molecule has 17 nitrogen and oxygen atoms in total. The number of amides is 8. The summed E-state index contributed by atoms with van der Waals surface area (Å²) in [5.41, 5.74) is 1.68. The fourth-order valence-corrected chi connectivity index (χ4v) is 5.68. The molecule has 6 rings (SSSR count). The average Bonchev–Trinajstić information content (AvgIpc) is 3.47. The summed E-state index contributed by atoms with van der Waals surface area (Å²) in [4.78, 5) is 119. The van der Waals surface area contributed by atoms with Gasteiger partial charge in [0.15, 0.2) is 0 Å². The third kappa shape index (κ3) is 7.52. The second-order valence-electron chi connectivity index (χ2n) is 11.1. The zero-order chi connectivity index (χ0) is 36.9. The van der Waals surface area contributed by atoms with E-state index in [9.17, 15) is 47.9 Å². The maximum atomic E-state index is 12.5. The van der Waals surface area contributed by atoms with Crippen molar-refractivity contribution in [3.63, 3.8) is 0 Å². The lowest BCUT2D eigenvalue weighted by Crippen LogP contribution is -2.54. The first-order valence-corrected chi connectivity index (χ1v) is 15.0. The maximum Gasteiger partial charge on any atom is 0.328 e. The number of aliphatic hydroxyl groups is 1. The highest BCUT2D eigenvalue weighted by molar-refractivity contribution is 6.24. The zero-order valence-corrected chi connectivity index (χ0v) is 26.3. The number of nitrogens with zero attached hydrogens (tertiary/aromatic N) is 2. The van der Waals surface area contributed by atoms with Gasteiger partial charge in [0, 0.05) is 32.4 Å². The quantitative estimate of drug-likeness (QED) is 0.188. The highest BCUT2D eigenvalue weighted by atomic mass is 16.4. The molecule has 0 spiro atoms. The molecule has 8 amide bonds. The Bertz CT molecular complexity index is 1880. The van der Waals surface area contributed by atoms with Crippen LogP contribution in [0.25, 0.3) is 6.08 Å². The van der Waals surface area contributed by atoms with Crippen LogP contribution < -0.4 is 10.6 Å². The van der Waals surface area contributed by atoms with Gasteiger partial charge in [-0.3, -0.25) is 63.6 Å². The van der Waals surface area contributed by atoms with Gasteiger partial charge in [-0.1, -0.05) is 12.1 Å². The number of imide groups is 4. The fraction of sp³-hybridized carbons (Fsp3) is 0.273. The number of carbonyl (C=O) groups is 10. The van der Waals surface area contributed by atoms with Gasteiger partial charge in [-0.2, -0.15) is 0 Å². The average molecular weight is 691 g/mol. The van der Waals surface area contributed by atoms with Crippen LogP contribution in [-0.4, -0.2) is 104 Å². The fourth-order valence-electron chi connectivity index (χ4n) is 5.68. The van der Waals surface area contributed by atoms with Gasteiger partial charge in [0.25, 0.3) is 23.6 Å². The van der Waals surface area contributed by atoms with Crippen LogP contribution in [-0.2, 0) is 35.2 Å². The summed E-state index contributed by atoms with van der Waals surface area (Å²) in [5, 5.41) is 28.6. The highest BCUT2D eigenvalue weighted by Crippen LogP contribution is 2.30. The van der Waals surface area contributed by atoms with Crippen molar-refractivity contribution >= 4 is 65.3 Å². The van der Waals surface area contributed by atoms with Gasteiger partial charge in [0.2, 0.25) is 23.6 Å². The summed E-state index contributed by atoms with van der Waals surface area (Å²) in [7, 11) is 1.00. The smallest absolute Gasteiger partial charge is 0.328 e. The van der Waals surface area contributed by atoms with Crippen molar-refractivity contribution in [2.24, 2.45) is 0 Å². The number of carboxylic acid groups (broad SMARTS) is 2. The van der Waals surface area contributed by atoms with E-state index < -0.39 is 71.3 Å². The van der Waals surface area contributed by atoms with Crippen LogP contribution in [0, 0.1) is 0 Å². The van der Waals surface area contributed by atoms with E-state index in [-0.39, 0.29) is 60.8 Å². The van der Waals surface area contributed by atoms with E-state index in [1.165, 1.54) is 36.4 Å². The van der Waals surface area contributed by atoms with E-state index in [0.29, 0.717) is 11.1 Å². The molecule has 0 aliphatic carbocycles. The van der Waals surface area contributed by atoms with Gasteiger partial charge in [-0.05, 0) is 60.7 Å². The van der Waals surface area contributed by atoms with Crippen molar-refractivity contribution in [3.05, 3.63) is 75.9 Å². The van der Waals surface area contributed by atoms with Crippen LogP contribution in [0.3, 0.4) is 0 Å². The Morgan fingerprint density at radius 1 is 0.700 bits per heavy atom. The minimum Gasteiger partial charge on any atom is -0.481 e. The number of aliphatic carboxylic acids is 2. The van der Waals surface area contributed by atoms with E-state index in [4.69, 9.17) is 15.3 Å². The Labute approximate surface area is 282 Å². The zero-order valence-electron chi connectivity index (χ0n) is 26.3. The summed E-state index contributed by atoms with van der Waals surface area (Å²) in [5.74, 6) is -6.69. The number of aliphatic hydroxyl groups excluding tert-OH is 1. The summed E-state index contributed by atoms with van der Waals surface area (Å²) in [6, 6.07) is 6.87. The minimum absolute atomic E-state index is 0.0520. The third-order valence-electron chi connectivity index (χ3n) is 8.01. The van der Waals surface area contributed by atoms with Gasteiger partial charge in [0.05, 0.1) is 22.3 Å². The van der Waals surface area contributed by atoms with Crippen LogP contribution in [0.5, 0.6) is 0 Å². The SMILES string of the molecule is CO.O=C(O)/C=C/c1ccc2c(c1)C(=O)N(C1CCC(=O)NC1=O)C2=O.O=C(O)CCc1ccc2c(c1)C(=O)N(C1CCC(=O)NC1=O)C2=O. The predicted molar refractivity (Wildman–Crippen MR) is 167 cm³/mol.